The van der Waals surface area contributed by atoms with Gasteiger partial charge in [0.2, 0.25) is 0 Å². The third-order valence-corrected chi connectivity index (χ3v) is 20.2. The van der Waals surface area contributed by atoms with Crippen LogP contribution in [0.15, 0.2) is 0 Å². The first-order valence-electron chi connectivity index (χ1n) is 40.0. The van der Waals surface area contributed by atoms with Crippen LogP contribution < -0.4 is 0 Å². The Balaban J connectivity index is 5.18. The molecule has 0 fully saturated rings. The summed E-state index contributed by atoms with van der Waals surface area (Å²) in [5.41, 5.74) is 0. The molecule has 0 saturated carbocycles. The van der Waals surface area contributed by atoms with Crippen molar-refractivity contribution in [3.05, 3.63) is 0 Å². The van der Waals surface area contributed by atoms with Gasteiger partial charge in [-0.1, -0.05) is 350 Å². The fourth-order valence-electron chi connectivity index (χ4n) is 11.8. The molecule has 3 unspecified atom stereocenters. The molecule has 3 N–H and O–H groups in total. The van der Waals surface area contributed by atoms with E-state index < -0.39 is 97.5 Å². The first-order valence-corrected chi connectivity index (χ1v) is 43.0. The van der Waals surface area contributed by atoms with E-state index in [-0.39, 0.29) is 25.7 Å². The summed E-state index contributed by atoms with van der Waals surface area (Å²) in [5.74, 6) is -0.565. The van der Waals surface area contributed by atoms with Gasteiger partial charge in [0, 0.05) is 25.7 Å². The Morgan fingerprint density at radius 1 is 0.302 bits per heavy atom. The van der Waals surface area contributed by atoms with Crippen molar-refractivity contribution in [2.75, 3.05) is 39.6 Å². The number of esters is 4. The van der Waals surface area contributed by atoms with Gasteiger partial charge >= 0.3 is 39.5 Å². The average Bonchev–Trinajstić information content (AvgIpc) is 1.95. The summed E-state index contributed by atoms with van der Waals surface area (Å²) in [6.07, 6.45) is 57.0. The van der Waals surface area contributed by atoms with Crippen molar-refractivity contribution in [3.63, 3.8) is 0 Å². The second-order valence-electron chi connectivity index (χ2n) is 28.5. The number of carbonyl (C=O) groups is 4. The Labute approximate surface area is 588 Å². The molecule has 0 bridgehead atoms. The van der Waals surface area contributed by atoms with Crippen LogP contribution in [0, 0.1) is 11.8 Å². The van der Waals surface area contributed by atoms with Crippen LogP contribution in [0.3, 0.4) is 0 Å². The summed E-state index contributed by atoms with van der Waals surface area (Å²) < 4.78 is 68.5. The molecule has 0 saturated heterocycles. The molecule has 0 rings (SSSR count). The van der Waals surface area contributed by atoms with Crippen LogP contribution in [0.5, 0.6) is 0 Å². The molecule has 0 spiro atoms. The van der Waals surface area contributed by atoms with E-state index in [0.717, 1.165) is 102 Å². The molecule has 0 aliphatic heterocycles. The lowest BCUT2D eigenvalue weighted by atomic mass is 9.99. The number of carbonyl (C=O) groups excluding carboxylic acids is 4. The topological polar surface area (TPSA) is 237 Å². The smallest absolute Gasteiger partial charge is 0.462 e. The van der Waals surface area contributed by atoms with E-state index in [1.54, 1.807) is 0 Å². The molecule has 0 aromatic carbocycles. The molecule has 96 heavy (non-hydrogen) atoms. The van der Waals surface area contributed by atoms with E-state index in [9.17, 15) is 43.2 Å². The minimum Gasteiger partial charge on any atom is -0.462 e. The molecule has 0 aliphatic rings. The number of aliphatic hydroxyl groups excluding tert-OH is 1. The first-order chi connectivity index (χ1) is 46.4. The van der Waals surface area contributed by atoms with E-state index >= 15 is 0 Å². The number of ether oxygens (including phenoxy) is 4. The summed E-state index contributed by atoms with van der Waals surface area (Å²) in [5, 5.41) is 10.6. The number of phosphoric acid groups is 2. The molecule has 19 heteroatoms. The van der Waals surface area contributed by atoms with Crippen LogP contribution >= 0.6 is 15.6 Å². The van der Waals surface area contributed by atoms with Crippen LogP contribution in [0.1, 0.15) is 401 Å². The highest BCUT2D eigenvalue weighted by molar-refractivity contribution is 7.47. The highest BCUT2D eigenvalue weighted by atomic mass is 31.2. The molecule has 0 aromatic rings. The predicted molar refractivity (Wildman–Crippen MR) is 391 cm³/mol. The number of unbranched alkanes of at least 4 members (excludes halogenated alkanes) is 45. The van der Waals surface area contributed by atoms with Crippen molar-refractivity contribution in [1.29, 1.82) is 0 Å². The summed E-state index contributed by atoms with van der Waals surface area (Å²) in [7, 11) is -9.91. The lowest BCUT2D eigenvalue weighted by Gasteiger charge is -2.21. The molecule has 0 aliphatic carbocycles. The third-order valence-electron chi connectivity index (χ3n) is 18.3. The number of aliphatic hydroxyl groups is 1. The Morgan fingerprint density at radius 2 is 0.531 bits per heavy atom. The molecule has 0 aromatic heterocycles. The molecule has 0 amide bonds. The second-order valence-corrected chi connectivity index (χ2v) is 31.4. The standard InChI is InChI=1S/C77H150O17P2/c1-7-10-12-14-16-18-20-21-29-33-36-40-47-53-59-74(79)87-65-72(93-77(82)62-56-50-42-38-34-30-27-25-23-22-24-26-28-32-35-39-46-52-58-70(6)9-3)67-91-95(83,84)89-63-71(78)64-90-96(85,86)92-68-73(66-88-75(80)60-54-48-44-43-45-51-57-69(4)5)94-76(81)61-55-49-41-37-31-19-17-15-13-11-8-2/h69-73,78H,7-68H2,1-6H3,(H,83,84)(H,85,86)/t70?,71-,72-,73-/m1/s1. The van der Waals surface area contributed by atoms with Crippen LogP contribution in [0.4, 0.5) is 0 Å². The van der Waals surface area contributed by atoms with Gasteiger partial charge in [0.25, 0.3) is 0 Å². The number of hydrogen-bond acceptors (Lipinski definition) is 15. The van der Waals surface area contributed by atoms with E-state index in [4.69, 9.17) is 37.0 Å². The molecule has 0 radical (unpaired) electrons. The van der Waals surface area contributed by atoms with Crippen LogP contribution in [0.2, 0.25) is 0 Å². The van der Waals surface area contributed by atoms with Gasteiger partial charge < -0.3 is 33.8 Å². The fraction of sp³-hybridized carbons (Fsp3) is 0.948. The summed E-state index contributed by atoms with van der Waals surface area (Å²) >= 11 is 0. The van der Waals surface area contributed by atoms with Crippen molar-refractivity contribution in [3.8, 4) is 0 Å². The molecule has 17 nitrogen and oxygen atoms in total. The summed E-state index contributed by atoms with van der Waals surface area (Å²) in [4.78, 5) is 72.7. The monoisotopic (exact) mass is 1410 g/mol. The van der Waals surface area contributed by atoms with Gasteiger partial charge in [0.15, 0.2) is 12.2 Å². The van der Waals surface area contributed by atoms with Gasteiger partial charge in [0.05, 0.1) is 26.4 Å². The lowest BCUT2D eigenvalue weighted by molar-refractivity contribution is -0.161. The molecular formula is C77H150O17P2. The number of phosphoric ester groups is 2. The summed E-state index contributed by atoms with van der Waals surface area (Å²) in [6.45, 7) is 9.58. The van der Waals surface area contributed by atoms with Crippen LogP contribution in [0.25, 0.3) is 0 Å². The zero-order chi connectivity index (χ0) is 70.7. The van der Waals surface area contributed by atoms with Gasteiger partial charge in [-0.25, -0.2) is 9.13 Å². The van der Waals surface area contributed by atoms with Crippen molar-refractivity contribution in [1.82, 2.24) is 0 Å². The van der Waals surface area contributed by atoms with Gasteiger partial charge in [-0.05, 0) is 37.5 Å². The zero-order valence-electron chi connectivity index (χ0n) is 62.7. The van der Waals surface area contributed by atoms with Gasteiger partial charge in [0.1, 0.15) is 19.3 Å². The Kier molecular flexibility index (Phi) is 67.4. The first kappa shape index (κ1) is 94.1. The predicted octanol–water partition coefficient (Wildman–Crippen LogP) is 22.7. The largest absolute Gasteiger partial charge is 0.472 e. The molecule has 0 heterocycles. The van der Waals surface area contributed by atoms with Gasteiger partial charge in [-0.3, -0.25) is 37.3 Å². The van der Waals surface area contributed by atoms with Crippen molar-refractivity contribution in [2.24, 2.45) is 11.8 Å². The maximum Gasteiger partial charge on any atom is 0.472 e. The fourth-order valence-corrected chi connectivity index (χ4v) is 13.4. The molecular weight excluding hydrogens is 1260 g/mol. The van der Waals surface area contributed by atoms with Gasteiger partial charge in [-0.15, -0.1) is 0 Å². The van der Waals surface area contributed by atoms with Gasteiger partial charge in [-0.2, -0.15) is 0 Å². The second kappa shape index (κ2) is 68.8. The zero-order valence-corrected chi connectivity index (χ0v) is 64.5. The Morgan fingerprint density at radius 3 is 0.792 bits per heavy atom. The normalized spacial score (nSPS) is 14.3. The Hall–Kier alpha value is -1.94. The lowest BCUT2D eigenvalue weighted by Crippen LogP contribution is -2.30. The average molecular weight is 1410 g/mol. The van der Waals surface area contributed by atoms with E-state index in [1.165, 1.54) is 212 Å². The Bertz CT molecular complexity index is 1860. The van der Waals surface area contributed by atoms with E-state index in [2.05, 4.69) is 41.5 Å². The van der Waals surface area contributed by atoms with Crippen molar-refractivity contribution in [2.45, 2.75) is 419 Å². The van der Waals surface area contributed by atoms with E-state index in [0.29, 0.717) is 31.6 Å². The molecule has 6 atom stereocenters. The molecule has 570 valence electrons. The minimum absolute atomic E-state index is 0.106. The number of rotatable bonds is 76. The van der Waals surface area contributed by atoms with Crippen molar-refractivity contribution >= 4 is 39.5 Å². The highest BCUT2D eigenvalue weighted by Crippen LogP contribution is 2.45. The maximum absolute atomic E-state index is 13.1. The highest BCUT2D eigenvalue weighted by Gasteiger charge is 2.30. The SMILES string of the molecule is CCCCCCCCCCCCCCCCC(=O)OC[C@H](COP(=O)(O)OC[C@@H](O)COP(=O)(O)OC[C@@H](COC(=O)CCCCCCCCC(C)C)OC(=O)CCCCCCCCCCCCC)OC(=O)CCCCCCCCCCCCCCCCCCCCC(C)CC. The van der Waals surface area contributed by atoms with Crippen LogP contribution in [-0.4, -0.2) is 96.7 Å². The number of hydrogen-bond donors (Lipinski definition) is 3. The third kappa shape index (κ3) is 69.2. The minimum atomic E-state index is -4.96. The maximum atomic E-state index is 13.1. The van der Waals surface area contributed by atoms with E-state index in [1.807, 2.05) is 0 Å². The van der Waals surface area contributed by atoms with Crippen LogP contribution in [-0.2, 0) is 65.4 Å². The summed E-state index contributed by atoms with van der Waals surface area (Å²) in [6, 6.07) is 0. The quantitative estimate of drug-likeness (QED) is 0.0222. The van der Waals surface area contributed by atoms with Crippen molar-refractivity contribution < 1.29 is 80.2 Å².